The van der Waals surface area contributed by atoms with Crippen LogP contribution in [0.3, 0.4) is 0 Å². The van der Waals surface area contributed by atoms with E-state index in [0.29, 0.717) is 0 Å². The summed E-state index contributed by atoms with van der Waals surface area (Å²) in [5, 5.41) is 15.1. The molecule has 1 aliphatic heterocycles. The molecule has 0 amide bonds. The minimum absolute atomic E-state index is 0.0859. The van der Waals surface area contributed by atoms with Crippen LogP contribution in [0.4, 0.5) is 22.7 Å². The Morgan fingerprint density at radius 1 is 0.800 bits per heavy atom. The van der Waals surface area contributed by atoms with Crippen molar-refractivity contribution in [2.75, 3.05) is 19.1 Å². The molecule has 0 spiro atoms. The molecule has 1 aliphatic rings. The first-order chi connectivity index (χ1) is 14.5. The Kier molecular flexibility index (Phi) is 5.27. The zero-order chi connectivity index (χ0) is 21.1. The molecular weight excluding hydrogens is 370 g/mol. The van der Waals surface area contributed by atoms with Crippen molar-refractivity contribution < 1.29 is 4.58 Å². The predicted octanol–water partition coefficient (Wildman–Crippen LogP) is 6.23. The third kappa shape index (κ3) is 3.79. The average molecular weight is 397 g/mol. The molecule has 30 heavy (non-hydrogen) atoms. The predicted molar refractivity (Wildman–Crippen MR) is 124 cm³/mol. The number of anilines is 1. The van der Waals surface area contributed by atoms with E-state index in [2.05, 4.69) is 60.0 Å². The van der Waals surface area contributed by atoms with Gasteiger partial charge in [0.15, 0.2) is 0 Å². The first-order valence-corrected chi connectivity index (χ1v) is 10.0. The summed E-state index contributed by atoms with van der Waals surface area (Å²) >= 11 is 0. The first-order valence-electron chi connectivity index (χ1n) is 10.0. The SMILES string of the molecule is CN(/N=C/C1=[N+](C)c2ccccc2C1(C)C)c1ccc(N=Nc2ccccc2)cc1. The van der Waals surface area contributed by atoms with E-state index in [-0.39, 0.29) is 5.41 Å². The fourth-order valence-corrected chi connectivity index (χ4v) is 3.78. The molecule has 1 heterocycles. The minimum Gasteiger partial charge on any atom is -0.268 e. The van der Waals surface area contributed by atoms with Crippen LogP contribution in [0.1, 0.15) is 19.4 Å². The van der Waals surface area contributed by atoms with Crippen LogP contribution in [0, 0.1) is 0 Å². The molecule has 0 fully saturated rings. The fraction of sp³-hybridized carbons (Fsp3) is 0.200. The molecule has 0 radical (unpaired) electrons. The number of fused-ring (bicyclic) bond motifs is 1. The van der Waals surface area contributed by atoms with Gasteiger partial charge in [-0.3, -0.25) is 5.01 Å². The molecule has 0 saturated carbocycles. The maximum Gasteiger partial charge on any atom is 0.212 e. The zero-order valence-corrected chi connectivity index (χ0v) is 17.8. The molecule has 4 rings (SSSR count). The summed E-state index contributed by atoms with van der Waals surface area (Å²) in [6.07, 6.45) is 1.96. The van der Waals surface area contributed by atoms with E-state index in [0.717, 1.165) is 17.1 Å². The van der Waals surface area contributed by atoms with Crippen molar-refractivity contribution in [2.24, 2.45) is 15.3 Å². The van der Waals surface area contributed by atoms with Crippen molar-refractivity contribution in [3.63, 3.8) is 0 Å². The molecule has 0 aliphatic carbocycles. The topological polar surface area (TPSA) is 43.3 Å². The lowest BCUT2D eigenvalue weighted by Crippen LogP contribution is -2.30. The van der Waals surface area contributed by atoms with Gasteiger partial charge in [0, 0.05) is 18.7 Å². The number of hydrogen-bond acceptors (Lipinski definition) is 4. The largest absolute Gasteiger partial charge is 0.268 e. The molecule has 150 valence electrons. The fourth-order valence-electron chi connectivity index (χ4n) is 3.78. The molecule has 0 saturated heterocycles. The van der Waals surface area contributed by atoms with Gasteiger partial charge in [0.25, 0.3) is 0 Å². The molecule has 5 heteroatoms. The van der Waals surface area contributed by atoms with E-state index in [1.807, 2.05) is 72.9 Å². The van der Waals surface area contributed by atoms with E-state index >= 15 is 0 Å². The number of hydrogen-bond donors (Lipinski definition) is 0. The van der Waals surface area contributed by atoms with Crippen LogP contribution >= 0.6 is 0 Å². The lowest BCUT2D eigenvalue weighted by atomic mass is 9.82. The Labute approximate surface area is 177 Å². The normalized spacial score (nSPS) is 15.2. The highest BCUT2D eigenvalue weighted by atomic mass is 15.4. The second-order valence-electron chi connectivity index (χ2n) is 7.91. The quantitative estimate of drug-likeness (QED) is 0.218. The van der Waals surface area contributed by atoms with Crippen molar-refractivity contribution >= 4 is 34.7 Å². The van der Waals surface area contributed by atoms with Crippen molar-refractivity contribution in [3.8, 4) is 0 Å². The zero-order valence-electron chi connectivity index (χ0n) is 17.8. The van der Waals surface area contributed by atoms with Gasteiger partial charge >= 0.3 is 0 Å². The van der Waals surface area contributed by atoms with E-state index in [9.17, 15) is 0 Å². The number of hydrazone groups is 1. The smallest absolute Gasteiger partial charge is 0.212 e. The van der Waals surface area contributed by atoms with Gasteiger partial charge in [-0.05, 0) is 50.2 Å². The van der Waals surface area contributed by atoms with Crippen molar-refractivity contribution in [2.45, 2.75) is 19.3 Å². The van der Waals surface area contributed by atoms with Crippen LogP contribution in [-0.4, -0.2) is 30.6 Å². The molecular formula is C25H26N5+. The van der Waals surface area contributed by atoms with E-state index in [1.165, 1.54) is 17.0 Å². The summed E-state index contributed by atoms with van der Waals surface area (Å²) in [4.78, 5) is 0. The van der Waals surface area contributed by atoms with Crippen molar-refractivity contribution in [1.82, 2.24) is 0 Å². The maximum atomic E-state index is 4.70. The molecule has 5 nitrogen and oxygen atoms in total. The molecule has 0 bridgehead atoms. The minimum atomic E-state index is -0.0859. The lowest BCUT2D eigenvalue weighted by molar-refractivity contribution is -0.400. The monoisotopic (exact) mass is 396 g/mol. The van der Waals surface area contributed by atoms with E-state index in [4.69, 9.17) is 5.10 Å². The van der Waals surface area contributed by atoms with Gasteiger partial charge in [0.1, 0.15) is 13.3 Å². The van der Waals surface area contributed by atoms with Crippen LogP contribution in [0.5, 0.6) is 0 Å². The summed E-state index contributed by atoms with van der Waals surface area (Å²) in [7, 11) is 4.05. The Morgan fingerprint density at radius 2 is 1.40 bits per heavy atom. The summed E-state index contributed by atoms with van der Waals surface area (Å²) in [5.74, 6) is 0. The molecule has 0 N–H and O–H groups in total. The van der Waals surface area contributed by atoms with Crippen LogP contribution in [0.25, 0.3) is 0 Å². The Morgan fingerprint density at radius 3 is 2.07 bits per heavy atom. The highest BCUT2D eigenvalue weighted by molar-refractivity contribution is 6.33. The lowest BCUT2D eigenvalue weighted by Gasteiger charge is -2.16. The first kappa shape index (κ1) is 19.7. The number of rotatable bonds is 5. The maximum absolute atomic E-state index is 4.70. The van der Waals surface area contributed by atoms with Crippen LogP contribution in [0.2, 0.25) is 0 Å². The molecule has 3 aromatic carbocycles. The number of para-hydroxylation sites is 1. The summed E-state index contributed by atoms with van der Waals surface area (Å²) in [6, 6.07) is 26.1. The van der Waals surface area contributed by atoms with Crippen molar-refractivity contribution in [3.05, 3.63) is 84.4 Å². The highest BCUT2D eigenvalue weighted by Gasteiger charge is 2.43. The van der Waals surface area contributed by atoms with Gasteiger partial charge in [0.2, 0.25) is 11.4 Å². The molecule has 0 atom stereocenters. The Hall–Kier alpha value is -3.60. The summed E-state index contributed by atoms with van der Waals surface area (Å²) in [5.41, 5.74) is 6.28. The van der Waals surface area contributed by atoms with Gasteiger partial charge in [0.05, 0.1) is 22.5 Å². The molecule has 3 aromatic rings. The summed E-state index contributed by atoms with van der Waals surface area (Å²) in [6.45, 7) is 4.48. The Balaban J connectivity index is 1.49. The number of nitrogens with zero attached hydrogens (tertiary/aromatic N) is 5. The third-order valence-electron chi connectivity index (χ3n) is 5.55. The molecule has 0 aromatic heterocycles. The highest BCUT2D eigenvalue weighted by Crippen LogP contribution is 2.38. The standard InChI is InChI=1S/C25H26N5/c1-25(2)22-12-8-9-13-23(22)29(3)24(25)18-26-30(4)21-16-14-20(15-17-21)28-27-19-10-6-5-7-11-19/h5-18H,1-4H3/q+1. The van der Waals surface area contributed by atoms with Gasteiger partial charge < -0.3 is 0 Å². The Bertz CT molecular complexity index is 1130. The molecule has 0 unspecified atom stereocenters. The summed E-state index contributed by atoms with van der Waals surface area (Å²) < 4.78 is 2.22. The van der Waals surface area contributed by atoms with Crippen molar-refractivity contribution in [1.29, 1.82) is 0 Å². The third-order valence-corrected chi connectivity index (χ3v) is 5.55. The van der Waals surface area contributed by atoms with Gasteiger partial charge in [-0.2, -0.15) is 19.9 Å². The van der Waals surface area contributed by atoms with Gasteiger partial charge in [-0.25, -0.2) is 0 Å². The second kappa shape index (κ2) is 8.03. The second-order valence-corrected chi connectivity index (χ2v) is 7.91. The number of benzene rings is 3. The van der Waals surface area contributed by atoms with Gasteiger partial charge in [-0.1, -0.05) is 36.4 Å². The van der Waals surface area contributed by atoms with Crippen LogP contribution in [0.15, 0.2) is 94.2 Å². The van der Waals surface area contributed by atoms with Crippen LogP contribution < -0.4 is 5.01 Å². The van der Waals surface area contributed by atoms with Gasteiger partial charge in [-0.15, -0.1) is 0 Å². The van der Waals surface area contributed by atoms with Crippen LogP contribution in [-0.2, 0) is 5.41 Å². The average Bonchev–Trinajstić information content (AvgIpc) is 2.97. The number of azo groups is 1. The van der Waals surface area contributed by atoms with E-state index in [1.54, 1.807) is 0 Å². The van der Waals surface area contributed by atoms with E-state index < -0.39 is 0 Å².